The van der Waals surface area contributed by atoms with E-state index in [1.807, 2.05) is 0 Å². The third-order valence-electron chi connectivity index (χ3n) is 2.08. The first kappa shape index (κ1) is 10.6. The highest BCUT2D eigenvalue weighted by Crippen LogP contribution is 2.25. The standard InChI is InChI=1S/C10H8ClN3O2/c1-14-3-2-8(13-14)7-4-6(10(15)16)5-12-9(7)11/h2-5H,1H3,(H,15,16). The fourth-order valence-electron chi connectivity index (χ4n) is 1.30. The summed E-state index contributed by atoms with van der Waals surface area (Å²) >= 11 is 5.89. The number of carboxylic acid groups (broad SMARTS) is 1. The number of pyridine rings is 1. The fourth-order valence-corrected chi connectivity index (χ4v) is 1.50. The van der Waals surface area contributed by atoms with Gasteiger partial charge in [-0.25, -0.2) is 9.78 Å². The summed E-state index contributed by atoms with van der Waals surface area (Å²) in [6, 6.07) is 3.20. The molecule has 0 aliphatic heterocycles. The van der Waals surface area contributed by atoms with Gasteiger partial charge in [0, 0.05) is 25.0 Å². The molecule has 0 saturated heterocycles. The molecule has 82 valence electrons. The number of halogens is 1. The van der Waals surface area contributed by atoms with Gasteiger partial charge in [0.1, 0.15) is 5.15 Å². The zero-order chi connectivity index (χ0) is 11.7. The molecule has 0 aromatic carbocycles. The van der Waals surface area contributed by atoms with Gasteiger partial charge in [-0.05, 0) is 12.1 Å². The van der Waals surface area contributed by atoms with Gasteiger partial charge in [-0.15, -0.1) is 0 Å². The zero-order valence-corrected chi connectivity index (χ0v) is 9.14. The Balaban J connectivity index is 2.55. The topological polar surface area (TPSA) is 68.0 Å². The van der Waals surface area contributed by atoms with Crippen LogP contribution in [0.15, 0.2) is 24.5 Å². The van der Waals surface area contributed by atoms with Crippen LogP contribution in [0.5, 0.6) is 0 Å². The van der Waals surface area contributed by atoms with Crippen LogP contribution in [0.2, 0.25) is 5.15 Å². The maximum atomic E-state index is 10.8. The van der Waals surface area contributed by atoms with Crippen LogP contribution >= 0.6 is 11.6 Å². The van der Waals surface area contributed by atoms with E-state index in [0.717, 1.165) is 0 Å². The van der Waals surface area contributed by atoms with Gasteiger partial charge in [-0.1, -0.05) is 11.6 Å². The van der Waals surface area contributed by atoms with Crippen molar-refractivity contribution in [1.29, 1.82) is 0 Å². The highest BCUT2D eigenvalue weighted by molar-refractivity contribution is 6.32. The Morgan fingerprint density at radius 3 is 2.88 bits per heavy atom. The molecular formula is C10H8ClN3O2. The van der Waals surface area contributed by atoms with Crippen LogP contribution in [0.3, 0.4) is 0 Å². The maximum Gasteiger partial charge on any atom is 0.337 e. The second-order valence-corrected chi connectivity index (χ2v) is 3.60. The van der Waals surface area contributed by atoms with E-state index in [0.29, 0.717) is 11.3 Å². The van der Waals surface area contributed by atoms with E-state index < -0.39 is 5.97 Å². The van der Waals surface area contributed by atoms with Crippen molar-refractivity contribution in [2.45, 2.75) is 0 Å². The van der Waals surface area contributed by atoms with Crippen LogP contribution in [0.1, 0.15) is 10.4 Å². The number of nitrogens with zero attached hydrogens (tertiary/aromatic N) is 3. The second kappa shape index (κ2) is 3.94. The number of carbonyl (C=O) groups is 1. The largest absolute Gasteiger partial charge is 0.478 e. The van der Waals surface area contributed by atoms with Gasteiger partial charge in [0.15, 0.2) is 0 Å². The van der Waals surface area contributed by atoms with Crippen molar-refractivity contribution in [2.24, 2.45) is 7.05 Å². The van der Waals surface area contributed by atoms with Gasteiger partial charge in [-0.2, -0.15) is 5.10 Å². The number of aromatic carboxylic acids is 1. The predicted molar refractivity (Wildman–Crippen MR) is 58.4 cm³/mol. The van der Waals surface area contributed by atoms with Crippen LogP contribution in [0, 0.1) is 0 Å². The monoisotopic (exact) mass is 237 g/mol. The van der Waals surface area contributed by atoms with Crippen molar-refractivity contribution in [3.63, 3.8) is 0 Å². The van der Waals surface area contributed by atoms with Crippen molar-refractivity contribution < 1.29 is 9.90 Å². The summed E-state index contributed by atoms with van der Waals surface area (Å²) in [5.41, 5.74) is 1.20. The maximum absolute atomic E-state index is 10.8. The lowest BCUT2D eigenvalue weighted by Gasteiger charge is -2.01. The number of hydrogen-bond donors (Lipinski definition) is 1. The number of rotatable bonds is 2. The summed E-state index contributed by atoms with van der Waals surface area (Å²) in [5.74, 6) is -1.04. The van der Waals surface area contributed by atoms with Crippen molar-refractivity contribution in [1.82, 2.24) is 14.8 Å². The minimum absolute atomic E-state index is 0.0880. The van der Waals surface area contributed by atoms with Gasteiger partial charge < -0.3 is 5.11 Å². The summed E-state index contributed by atoms with van der Waals surface area (Å²) in [6.07, 6.45) is 2.97. The summed E-state index contributed by atoms with van der Waals surface area (Å²) in [6.45, 7) is 0. The van der Waals surface area contributed by atoms with Gasteiger partial charge in [-0.3, -0.25) is 4.68 Å². The lowest BCUT2D eigenvalue weighted by Crippen LogP contribution is -1.98. The molecule has 5 nitrogen and oxygen atoms in total. The van der Waals surface area contributed by atoms with E-state index in [1.54, 1.807) is 24.0 Å². The fraction of sp³-hybridized carbons (Fsp3) is 0.100. The quantitative estimate of drug-likeness (QED) is 0.810. The molecule has 2 rings (SSSR count). The van der Waals surface area contributed by atoms with Gasteiger partial charge in [0.25, 0.3) is 0 Å². The Morgan fingerprint density at radius 1 is 1.56 bits per heavy atom. The molecule has 0 amide bonds. The van der Waals surface area contributed by atoms with E-state index in [1.165, 1.54) is 12.3 Å². The zero-order valence-electron chi connectivity index (χ0n) is 8.38. The van der Waals surface area contributed by atoms with Gasteiger partial charge in [0.2, 0.25) is 0 Å². The van der Waals surface area contributed by atoms with E-state index in [2.05, 4.69) is 10.1 Å². The molecule has 2 aromatic rings. The van der Waals surface area contributed by atoms with Crippen LogP contribution in [0.4, 0.5) is 0 Å². The molecule has 0 aliphatic rings. The molecule has 1 N–H and O–H groups in total. The van der Waals surface area contributed by atoms with Crippen LogP contribution in [-0.4, -0.2) is 25.8 Å². The Kier molecular flexibility index (Phi) is 2.62. The Bertz CT molecular complexity index is 551. The molecule has 6 heteroatoms. The number of hydrogen-bond acceptors (Lipinski definition) is 3. The van der Waals surface area contributed by atoms with Gasteiger partial charge >= 0.3 is 5.97 Å². The SMILES string of the molecule is Cn1ccc(-c2cc(C(=O)O)cnc2Cl)n1. The number of carboxylic acids is 1. The molecule has 0 atom stereocenters. The van der Waals surface area contributed by atoms with E-state index in [9.17, 15) is 4.79 Å². The summed E-state index contributed by atoms with van der Waals surface area (Å²) in [4.78, 5) is 14.6. The molecule has 0 saturated carbocycles. The molecule has 2 aromatic heterocycles. The van der Waals surface area contributed by atoms with E-state index >= 15 is 0 Å². The summed E-state index contributed by atoms with van der Waals surface area (Å²) in [7, 11) is 1.77. The minimum atomic E-state index is -1.04. The smallest absolute Gasteiger partial charge is 0.337 e. The minimum Gasteiger partial charge on any atom is -0.478 e. The highest BCUT2D eigenvalue weighted by Gasteiger charge is 2.11. The number of aryl methyl sites for hydroxylation is 1. The summed E-state index contributed by atoms with van der Waals surface area (Å²) in [5, 5.41) is 13.2. The molecule has 0 bridgehead atoms. The van der Waals surface area contributed by atoms with Crippen LogP contribution < -0.4 is 0 Å². The molecule has 0 fully saturated rings. The first-order chi connectivity index (χ1) is 7.58. The van der Waals surface area contributed by atoms with Crippen LogP contribution in [0.25, 0.3) is 11.3 Å². The third-order valence-corrected chi connectivity index (χ3v) is 2.38. The average molecular weight is 238 g/mol. The first-order valence-electron chi connectivity index (χ1n) is 4.47. The number of aromatic nitrogens is 3. The molecule has 2 heterocycles. The molecule has 0 radical (unpaired) electrons. The highest BCUT2D eigenvalue weighted by atomic mass is 35.5. The second-order valence-electron chi connectivity index (χ2n) is 3.24. The average Bonchev–Trinajstić information content (AvgIpc) is 2.65. The van der Waals surface area contributed by atoms with Crippen molar-refractivity contribution in [3.8, 4) is 11.3 Å². The van der Waals surface area contributed by atoms with E-state index in [-0.39, 0.29) is 10.7 Å². The predicted octanol–water partition coefficient (Wildman–Crippen LogP) is 1.83. The Hall–Kier alpha value is -1.88. The van der Waals surface area contributed by atoms with Crippen molar-refractivity contribution >= 4 is 17.6 Å². The van der Waals surface area contributed by atoms with Crippen LogP contribution in [-0.2, 0) is 7.05 Å². The molecule has 0 unspecified atom stereocenters. The lowest BCUT2D eigenvalue weighted by atomic mass is 10.1. The Morgan fingerprint density at radius 2 is 2.31 bits per heavy atom. The van der Waals surface area contributed by atoms with Crippen molar-refractivity contribution in [2.75, 3.05) is 0 Å². The molecular weight excluding hydrogens is 230 g/mol. The normalized spacial score (nSPS) is 10.4. The van der Waals surface area contributed by atoms with Crippen molar-refractivity contribution in [3.05, 3.63) is 35.2 Å². The lowest BCUT2D eigenvalue weighted by molar-refractivity contribution is 0.0696. The summed E-state index contributed by atoms with van der Waals surface area (Å²) < 4.78 is 1.61. The third kappa shape index (κ3) is 1.90. The molecule has 0 spiro atoms. The molecule has 16 heavy (non-hydrogen) atoms. The van der Waals surface area contributed by atoms with Gasteiger partial charge in [0.05, 0.1) is 11.3 Å². The first-order valence-corrected chi connectivity index (χ1v) is 4.84. The van der Waals surface area contributed by atoms with E-state index in [4.69, 9.17) is 16.7 Å². The molecule has 0 aliphatic carbocycles. The Labute approximate surface area is 96.3 Å².